The van der Waals surface area contributed by atoms with Gasteiger partial charge in [0.15, 0.2) is 27.9 Å². The first-order chi connectivity index (χ1) is 18.8. The summed E-state index contributed by atoms with van der Waals surface area (Å²) in [6.07, 6.45) is -0.837. The Bertz CT molecular complexity index is 1490. The van der Waals surface area contributed by atoms with Gasteiger partial charge >= 0.3 is 5.97 Å². The summed E-state index contributed by atoms with van der Waals surface area (Å²) in [5.74, 6) is -2.68. The van der Waals surface area contributed by atoms with Gasteiger partial charge in [0.25, 0.3) is 11.8 Å². The molecule has 2 amide bonds. The molecule has 2 aliphatic rings. The second-order valence-corrected chi connectivity index (χ2v) is 11.5. The van der Waals surface area contributed by atoms with Crippen LogP contribution in [0, 0.1) is 0 Å². The number of benzene rings is 3. The summed E-state index contributed by atoms with van der Waals surface area (Å²) in [6.45, 7) is -0.429. The van der Waals surface area contributed by atoms with Gasteiger partial charge in [-0.1, -0.05) is 90.5 Å². The lowest BCUT2D eigenvalue weighted by Gasteiger charge is -2.48. The molecule has 3 aromatic rings. The molecule has 0 saturated carbocycles. The molecular formula is C28H23ClN2O7S. The number of rotatable bonds is 8. The maximum atomic E-state index is 13.4. The highest BCUT2D eigenvalue weighted by Crippen LogP contribution is 2.39. The number of hydrogen-bond acceptors (Lipinski definition) is 7. The van der Waals surface area contributed by atoms with Crippen molar-refractivity contribution in [3.05, 3.63) is 113 Å². The number of β-lactam (4-membered cyclic amide) rings is 1. The first-order valence-electron chi connectivity index (χ1n) is 12.0. The van der Waals surface area contributed by atoms with Crippen LogP contribution in [0.3, 0.4) is 0 Å². The van der Waals surface area contributed by atoms with E-state index in [1.165, 1.54) is 0 Å². The number of esters is 1. The quantitative estimate of drug-likeness (QED) is 0.329. The van der Waals surface area contributed by atoms with Crippen molar-refractivity contribution in [3.63, 3.8) is 0 Å². The average Bonchev–Trinajstić information content (AvgIpc) is 2.94. The third-order valence-electron chi connectivity index (χ3n) is 6.29. The van der Waals surface area contributed by atoms with Crippen molar-refractivity contribution in [2.24, 2.45) is 0 Å². The molecule has 0 radical (unpaired) electrons. The molecule has 5 rings (SSSR count). The van der Waals surface area contributed by atoms with Gasteiger partial charge in [0.05, 0.1) is 10.8 Å². The number of fused-ring (bicyclic) bond motifs is 1. The largest absolute Gasteiger partial charge is 0.484 e. The van der Waals surface area contributed by atoms with E-state index in [0.717, 1.165) is 4.90 Å². The van der Waals surface area contributed by atoms with Gasteiger partial charge in [-0.3, -0.25) is 14.5 Å². The predicted molar refractivity (Wildman–Crippen MR) is 142 cm³/mol. The highest BCUT2D eigenvalue weighted by molar-refractivity contribution is 7.92. The zero-order valence-electron chi connectivity index (χ0n) is 20.4. The first-order valence-corrected chi connectivity index (χ1v) is 14.1. The molecule has 1 saturated heterocycles. The zero-order chi connectivity index (χ0) is 27.6. The van der Waals surface area contributed by atoms with Crippen LogP contribution in [0.25, 0.3) is 0 Å². The van der Waals surface area contributed by atoms with Crippen LogP contribution in [-0.4, -0.2) is 54.9 Å². The lowest BCUT2D eigenvalue weighted by molar-refractivity contribution is -0.155. The third kappa shape index (κ3) is 5.39. The summed E-state index contributed by atoms with van der Waals surface area (Å²) in [7, 11) is -4.02. The standard InChI is InChI=1S/C28H23ClN2O7S/c29-21-17-39(35,36)27-23(30-22(32)16-37-20-14-8-3-9-15-20)26(33)31(27)24(21)28(34)38-25(18-10-4-1-5-11-18)19-12-6-2-7-13-19/h1-15,23,25,27H,16-17H2,(H,30,32)/t23-,27-/m1/s1. The fourth-order valence-electron chi connectivity index (χ4n) is 4.50. The number of carbonyl (C=O) groups is 3. The minimum absolute atomic E-state index is 0.332. The average molecular weight is 567 g/mol. The zero-order valence-corrected chi connectivity index (χ0v) is 22.0. The van der Waals surface area contributed by atoms with E-state index in [1.54, 1.807) is 78.9 Å². The Morgan fingerprint density at radius 1 is 0.923 bits per heavy atom. The van der Waals surface area contributed by atoms with Gasteiger partial charge in [-0.2, -0.15) is 0 Å². The minimum atomic E-state index is -4.02. The Morgan fingerprint density at radius 3 is 2.03 bits per heavy atom. The number of nitrogens with one attached hydrogen (secondary N) is 1. The second-order valence-electron chi connectivity index (χ2n) is 8.91. The first kappa shape index (κ1) is 26.5. The van der Waals surface area contributed by atoms with E-state index >= 15 is 0 Å². The van der Waals surface area contributed by atoms with Crippen molar-refractivity contribution in [1.82, 2.24) is 10.2 Å². The summed E-state index contributed by atoms with van der Waals surface area (Å²) in [5, 5.41) is 0.577. The van der Waals surface area contributed by atoms with Crippen LogP contribution in [-0.2, 0) is 29.0 Å². The molecule has 39 heavy (non-hydrogen) atoms. The van der Waals surface area contributed by atoms with E-state index in [1.807, 2.05) is 12.1 Å². The second kappa shape index (κ2) is 10.9. The van der Waals surface area contributed by atoms with Crippen LogP contribution in [0.15, 0.2) is 102 Å². The van der Waals surface area contributed by atoms with Crippen molar-refractivity contribution in [1.29, 1.82) is 0 Å². The van der Waals surface area contributed by atoms with E-state index in [2.05, 4.69) is 5.32 Å². The van der Waals surface area contributed by atoms with E-state index in [4.69, 9.17) is 21.1 Å². The molecule has 1 N–H and O–H groups in total. The molecule has 0 spiro atoms. The Kier molecular flexibility index (Phi) is 7.40. The van der Waals surface area contributed by atoms with Crippen LogP contribution in [0.2, 0.25) is 0 Å². The normalized spacial score (nSPS) is 19.6. The van der Waals surface area contributed by atoms with E-state index in [9.17, 15) is 22.8 Å². The molecule has 200 valence electrons. The molecule has 9 nitrogen and oxygen atoms in total. The highest BCUT2D eigenvalue weighted by atomic mass is 35.5. The number of carbonyl (C=O) groups excluding carboxylic acids is 3. The maximum Gasteiger partial charge on any atom is 0.357 e. The molecule has 0 unspecified atom stereocenters. The van der Waals surface area contributed by atoms with Crippen molar-refractivity contribution in [2.75, 3.05) is 12.4 Å². The van der Waals surface area contributed by atoms with Gasteiger partial charge in [0.1, 0.15) is 17.5 Å². The molecule has 2 heterocycles. The molecule has 2 atom stereocenters. The summed E-state index contributed by atoms with van der Waals surface area (Å²) in [4.78, 5) is 39.8. The van der Waals surface area contributed by atoms with Crippen LogP contribution in [0.4, 0.5) is 0 Å². The number of sulfone groups is 1. The van der Waals surface area contributed by atoms with E-state index in [0.29, 0.717) is 16.9 Å². The Hall–Kier alpha value is -4.15. The van der Waals surface area contributed by atoms with Gasteiger partial charge in [-0.05, 0) is 23.3 Å². The maximum absolute atomic E-state index is 13.4. The summed E-state index contributed by atoms with van der Waals surface area (Å²) in [6, 6.07) is 25.1. The summed E-state index contributed by atoms with van der Waals surface area (Å²) < 4.78 is 37.1. The van der Waals surface area contributed by atoms with Crippen LogP contribution < -0.4 is 10.1 Å². The van der Waals surface area contributed by atoms with E-state index < -0.39 is 57.5 Å². The molecule has 3 aromatic carbocycles. The molecule has 11 heteroatoms. The van der Waals surface area contributed by atoms with Gasteiger partial charge in [-0.15, -0.1) is 0 Å². The third-order valence-corrected chi connectivity index (χ3v) is 8.67. The highest BCUT2D eigenvalue weighted by Gasteiger charge is 2.60. The molecular weight excluding hydrogens is 544 g/mol. The fraction of sp³-hybridized carbons (Fsp3) is 0.179. The van der Waals surface area contributed by atoms with E-state index in [-0.39, 0.29) is 10.7 Å². The molecule has 0 aliphatic carbocycles. The van der Waals surface area contributed by atoms with Crippen LogP contribution in [0.5, 0.6) is 5.75 Å². The monoisotopic (exact) mass is 566 g/mol. The molecule has 0 aromatic heterocycles. The van der Waals surface area contributed by atoms with Crippen molar-refractivity contribution in [2.45, 2.75) is 17.5 Å². The Morgan fingerprint density at radius 2 is 1.46 bits per heavy atom. The number of ether oxygens (including phenoxy) is 2. The van der Waals surface area contributed by atoms with Crippen LogP contribution >= 0.6 is 11.6 Å². The van der Waals surface area contributed by atoms with Crippen molar-refractivity contribution < 1.29 is 32.3 Å². The predicted octanol–water partition coefficient (Wildman–Crippen LogP) is 2.93. The lowest BCUT2D eigenvalue weighted by Crippen LogP contribution is -2.74. The van der Waals surface area contributed by atoms with Gasteiger partial charge in [0, 0.05) is 0 Å². The van der Waals surface area contributed by atoms with Crippen molar-refractivity contribution in [3.8, 4) is 5.75 Å². The Labute approximate surface area is 229 Å². The molecule has 0 bridgehead atoms. The van der Waals surface area contributed by atoms with Gasteiger partial charge < -0.3 is 14.8 Å². The van der Waals surface area contributed by atoms with Gasteiger partial charge in [-0.25, -0.2) is 13.2 Å². The van der Waals surface area contributed by atoms with Crippen molar-refractivity contribution >= 4 is 39.2 Å². The minimum Gasteiger partial charge on any atom is -0.484 e. The lowest BCUT2D eigenvalue weighted by atomic mass is 10.0. The number of amides is 2. The SMILES string of the molecule is O=C(COc1ccccc1)N[C@@H]1C(=O)N2C(C(=O)OC(c3ccccc3)c3ccccc3)=C(Cl)CS(=O)(=O)[C@H]12. The summed E-state index contributed by atoms with van der Waals surface area (Å²) in [5.41, 5.74) is 0.990. The smallest absolute Gasteiger partial charge is 0.357 e. The van der Waals surface area contributed by atoms with Gasteiger partial charge in [0.2, 0.25) is 0 Å². The fourth-order valence-corrected chi connectivity index (χ4v) is 6.92. The number of nitrogens with zero attached hydrogens (tertiary/aromatic N) is 1. The molecule has 1 fully saturated rings. The number of para-hydroxylation sites is 1. The number of halogens is 1. The topological polar surface area (TPSA) is 119 Å². The molecule has 2 aliphatic heterocycles. The summed E-state index contributed by atoms with van der Waals surface area (Å²) >= 11 is 6.27. The number of hydrogen-bond donors (Lipinski definition) is 1. The van der Waals surface area contributed by atoms with Crippen LogP contribution in [0.1, 0.15) is 17.2 Å². The Balaban J connectivity index is 1.35.